The zero-order chi connectivity index (χ0) is 18.6. The van der Waals surface area contributed by atoms with Crippen LogP contribution in [-0.4, -0.2) is 39.9 Å². The van der Waals surface area contributed by atoms with Crippen molar-refractivity contribution >= 4 is 16.8 Å². The molecule has 0 aliphatic carbocycles. The predicted molar refractivity (Wildman–Crippen MR) is 107 cm³/mol. The van der Waals surface area contributed by atoms with Gasteiger partial charge in [-0.15, -0.1) is 0 Å². The lowest BCUT2D eigenvalue weighted by Crippen LogP contribution is -2.47. The summed E-state index contributed by atoms with van der Waals surface area (Å²) in [4.78, 5) is 22.7. The second-order valence-corrected chi connectivity index (χ2v) is 7.45. The van der Waals surface area contributed by atoms with Crippen LogP contribution in [0.3, 0.4) is 0 Å². The Morgan fingerprint density at radius 2 is 2.19 bits per heavy atom. The van der Waals surface area contributed by atoms with Crippen molar-refractivity contribution in [3.8, 4) is 0 Å². The van der Waals surface area contributed by atoms with Gasteiger partial charge in [-0.1, -0.05) is 24.3 Å². The maximum atomic E-state index is 12.7. The minimum Gasteiger partial charge on any atom is -0.358 e. The lowest BCUT2D eigenvalue weighted by molar-refractivity contribution is -0.121. The van der Waals surface area contributed by atoms with Gasteiger partial charge in [0, 0.05) is 48.1 Å². The average molecular weight is 362 g/mol. The molecule has 5 nitrogen and oxygen atoms in total. The summed E-state index contributed by atoms with van der Waals surface area (Å²) in [5, 5.41) is 4.40. The van der Waals surface area contributed by atoms with Gasteiger partial charge in [-0.3, -0.25) is 14.7 Å². The Kier molecular flexibility index (Phi) is 5.21. The van der Waals surface area contributed by atoms with Crippen LogP contribution in [0.25, 0.3) is 10.9 Å². The number of aromatic nitrogens is 2. The van der Waals surface area contributed by atoms with Crippen molar-refractivity contribution in [2.24, 2.45) is 0 Å². The summed E-state index contributed by atoms with van der Waals surface area (Å²) < 4.78 is 0. The Balaban J connectivity index is 1.37. The third kappa shape index (κ3) is 4.19. The smallest absolute Gasteiger partial charge is 0.224 e. The Hall–Kier alpha value is -2.66. The van der Waals surface area contributed by atoms with Crippen molar-refractivity contribution in [3.63, 3.8) is 0 Å². The molecule has 1 fully saturated rings. The van der Waals surface area contributed by atoms with Crippen LogP contribution in [0.5, 0.6) is 0 Å². The average Bonchev–Trinajstić information content (AvgIpc) is 2.98. The highest BCUT2D eigenvalue weighted by atomic mass is 16.1. The number of H-pyrrole nitrogens is 1. The third-order valence-corrected chi connectivity index (χ3v) is 5.36. The molecule has 3 aromatic rings. The number of aryl methyl sites for hydroxylation is 1. The fourth-order valence-electron chi connectivity index (χ4n) is 4.07. The molecule has 2 aromatic heterocycles. The van der Waals surface area contributed by atoms with Crippen LogP contribution in [0.15, 0.2) is 48.8 Å². The Morgan fingerprint density at radius 1 is 1.30 bits per heavy atom. The zero-order valence-electron chi connectivity index (χ0n) is 15.7. The van der Waals surface area contributed by atoms with Gasteiger partial charge in [-0.05, 0) is 49.6 Å². The van der Waals surface area contributed by atoms with E-state index in [1.54, 1.807) is 6.20 Å². The summed E-state index contributed by atoms with van der Waals surface area (Å²) in [6.45, 7) is 4.90. The molecule has 27 heavy (non-hydrogen) atoms. The standard InChI is InChI=1S/C22H26N4O/c1-16-20(19-8-2-3-9-21(19)24-16)12-22(27)25-18-7-5-11-26(15-18)14-17-6-4-10-23-13-17/h2-4,6,8-10,13,18,24H,5,7,11-12,14-15H2,1H3,(H,25,27). The van der Waals surface area contributed by atoms with Crippen molar-refractivity contribution in [1.82, 2.24) is 20.2 Å². The number of hydrogen-bond donors (Lipinski definition) is 2. The number of fused-ring (bicyclic) bond motifs is 1. The molecule has 1 unspecified atom stereocenters. The maximum Gasteiger partial charge on any atom is 0.224 e. The highest BCUT2D eigenvalue weighted by Gasteiger charge is 2.22. The van der Waals surface area contributed by atoms with Gasteiger partial charge in [0.2, 0.25) is 5.91 Å². The van der Waals surface area contributed by atoms with Crippen molar-refractivity contribution in [1.29, 1.82) is 0 Å². The number of aromatic amines is 1. The number of para-hydroxylation sites is 1. The van der Waals surface area contributed by atoms with Gasteiger partial charge in [-0.25, -0.2) is 0 Å². The fraction of sp³-hybridized carbons (Fsp3) is 0.364. The molecule has 3 heterocycles. The van der Waals surface area contributed by atoms with Gasteiger partial charge in [0.15, 0.2) is 0 Å². The number of piperidine rings is 1. The first-order chi connectivity index (χ1) is 13.2. The lowest BCUT2D eigenvalue weighted by Gasteiger charge is -2.33. The minimum atomic E-state index is 0.107. The first kappa shape index (κ1) is 17.7. The molecule has 1 saturated heterocycles. The quantitative estimate of drug-likeness (QED) is 0.733. The van der Waals surface area contributed by atoms with Gasteiger partial charge < -0.3 is 10.3 Å². The zero-order valence-corrected chi connectivity index (χ0v) is 15.7. The molecule has 1 aliphatic rings. The van der Waals surface area contributed by atoms with Crippen LogP contribution in [0.4, 0.5) is 0 Å². The Morgan fingerprint density at radius 3 is 3.04 bits per heavy atom. The number of rotatable bonds is 5. The van der Waals surface area contributed by atoms with Crippen LogP contribution in [0.2, 0.25) is 0 Å². The fourth-order valence-corrected chi connectivity index (χ4v) is 4.07. The summed E-state index contributed by atoms with van der Waals surface area (Å²) >= 11 is 0. The lowest BCUT2D eigenvalue weighted by atomic mass is 10.0. The maximum absolute atomic E-state index is 12.7. The molecule has 4 rings (SSSR count). The van der Waals surface area contributed by atoms with E-state index in [1.807, 2.05) is 31.3 Å². The first-order valence-corrected chi connectivity index (χ1v) is 9.66. The first-order valence-electron chi connectivity index (χ1n) is 9.66. The summed E-state index contributed by atoms with van der Waals surface area (Å²) in [5.41, 5.74) is 4.50. The summed E-state index contributed by atoms with van der Waals surface area (Å²) in [5.74, 6) is 0.107. The van der Waals surface area contributed by atoms with Crippen LogP contribution in [0.1, 0.15) is 29.7 Å². The van der Waals surface area contributed by atoms with E-state index in [0.29, 0.717) is 6.42 Å². The SMILES string of the molecule is Cc1[nH]c2ccccc2c1CC(=O)NC1CCCN(Cc2cccnc2)C1. The number of amides is 1. The number of nitrogens with one attached hydrogen (secondary N) is 2. The molecule has 5 heteroatoms. The van der Waals surface area contributed by atoms with Gasteiger partial charge in [0.1, 0.15) is 0 Å². The Bertz CT molecular complexity index is 918. The van der Waals surface area contributed by atoms with Crippen molar-refractivity contribution < 1.29 is 4.79 Å². The molecule has 1 aromatic carbocycles. The summed E-state index contributed by atoms with van der Waals surface area (Å²) in [7, 11) is 0. The highest BCUT2D eigenvalue weighted by molar-refractivity contribution is 5.90. The van der Waals surface area contributed by atoms with E-state index >= 15 is 0 Å². The molecule has 2 N–H and O–H groups in total. The molecule has 1 aliphatic heterocycles. The largest absolute Gasteiger partial charge is 0.358 e. The molecule has 0 saturated carbocycles. The Labute approximate surface area is 159 Å². The summed E-state index contributed by atoms with van der Waals surface area (Å²) in [6.07, 6.45) is 6.30. The third-order valence-electron chi connectivity index (χ3n) is 5.36. The predicted octanol–water partition coefficient (Wildman–Crippen LogP) is 3.19. The number of nitrogens with zero attached hydrogens (tertiary/aromatic N) is 2. The van der Waals surface area contributed by atoms with Gasteiger partial charge in [0.05, 0.1) is 6.42 Å². The molecular weight excluding hydrogens is 336 g/mol. The van der Waals surface area contributed by atoms with E-state index in [4.69, 9.17) is 0 Å². The molecule has 0 radical (unpaired) electrons. The van der Waals surface area contributed by atoms with Crippen LogP contribution in [0, 0.1) is 6.92 Å². The number of pyridine rings is 1. The van der Waals surface area contributed by atoms with Crippen LogP contribution < -0.4 is 5.32 Å². The number of carbonyl (C=O) groups excluding carboxylic acids is 1. The molecule has 0 bridgehead atoms. The van der Waals surface area contributed by atoms with E-state index in [2.05, 4.69) is 38.4 Å². The molecular formula is C22H26N4O. The van der Waals surface area contributed by atoms with Crippen molar-refractivity contribution in [2.45, 2.75) is 38.8 Å². The normalized spacial score (nSPS) is 17.9. The molecule has 140 valence electrons. The number of hydrogen-bond acceptors (Lipinski definition) is 3. The van der Waals surface area contributed by atoms with Crippen molar-refractivity contribution in [2.75, 3.05) is 13.1 Å². The van der Waals surface area contributed by atoms with Crippen molar-refractivity contribution in [3.05, 3.63) is 65.6 Å². The monoisotopic (exact) mass is 362 g/mol. The second kappa shape index (κ2) is 7.92. The van der Waals surface area contributed by atoms with E-state index in [-0.39, 0.29) is 11.9 Å². The van der Waals surface area contributed by atoms with E-state index in [0.717, 1.165) is 54.6 Å². The van der Waals surface area contributed by atoms with E-state index in [1.165, 1.54) is 5.56 Å². The molecule has 0 spiro atoms. The van der Waals surface area contributed by atoms with E-state index in [9.17, 15) is 4.79 Å². The highest BCUT2D eigenvalue weighted by Crippen LogP contribution is 2.22. The van der Waals surface area contributed by atoms with Crippen LogP contribution in [-0.2, 0) is 17.8 Å². The topological polar surface area (TPSA) is 61.0 Å². The number of benzene rings is 1. The van der Waals surface area contributed by atoms with Gasteiger partial charge in [-0.2, -0.15) is 0 Å². The molecule has 1 atom stereocenters. The van der Waals surface area contributed by atoms with E-state index < -0.39 is 0 Å². The minimum absolute atomic E-state index is 0.107. The van der Waals surface area contributed by atoms with Gasteiger partial charge in [0.25, 0.3) is 0 Å². The van der Waals surface area contributed by atoms with Gasteiger partial charge >= 0.3 is 0 Å². The number of carbonyl (C=O) groups is 1. The number of likely N-dealkylation sites (tertiary alicyclic amines) is 1. The second-order valence-electron chi connectivity index (χ2n) is 7.45. The molecule has 1 amide bonds. The summed E-state index contributed by atoms with van der Waals surface area (Å²) in [6, 6.07) is 12.5. The van der Waals surface area contributed by atoms with Crippen LogP contribution >= 0.6 is 0 Å².